The van der Waals surface area contributed by atoms with Crippen molar-refractivity contribution in [2.24, 2.45) is 5.14 Å². The normalized spacial score (nSPS) is 10.8. The number of anilines is 1. The van der Waals surface area contributed by atoms with Crippen molar-refractivity contribution in [2.75, 3.05) is 18.5 Å². The van der Waals surface area contributed by atoms with Crippen LogP contribution in [0.15, 0.2) is 57.9 Å². The van der Waals surface area contributed by atoms with Crippen molar-refractivity contribution in [1.29, 1.82) is 0 Å². The molecule has 2 aromatic carbocycles. The van der Waals surface area contributed by atoms with E-state index in [1.54, 1.807) is 24.3 Å². The predicted octanol–water partition coefficient (Wildman–Crippen LogP) is 1.66. The van der Waals surface area contributed by atoms with Crippen LogP contribution >= 0.6 is 15.9 Å². The molecular formula is C16H15BrN2O6S. The van der Waals surface area contributed by atoms with Gasteiger partial charge in [0, 0.05) is 10.2 Å². The van der Waals surface area contributed by atoms with E-state index in [0.717, 1.165) is 4.47 Å². The second kappa shape index (κ2) is 8.79. The number of carbonyl (C=O) groups excluding carboxylic acids is 2. The number of esters is 1. The van der Waals surface area contributed by atoms with Gasteiger partial charge in [0.1, 0.15) is 5.75 Å². The van der Waals surface area contributed by atoms with E-state index in [2.05, 4.69) is 21.2 Å². The molecule has 138 valence electrons. The summed E-state index contributed by atoms with van der Waals surface area (Å²) in [5.74, 6) is -0.883. The molecule has 2 aromatic rings. The van der Waals surface area contributed by atoms with Gasteiger partial charge in [-0.1, -0.05) is 28.1 Å². The molecule has 10 heteroatoms. The fraction of sp³-hybridized carbons (Fsp3) is 0.125. The van der Waals surface area contributed by atoms with Crippen LogP contribution in [0, 0.1) is 0 Å². The first-order valence-electron chi connectivity index (χ1n) is 7.21. The van der Waals surface area contributed by atoms with Gasteiger partial charge in [-0.05, 0) is 36.4 Å². The lowest BCUT2D eigenvalue weighted by Crippen LogP contribution is -2.23. The van der Waals surface area contributed by atoms with E-state index < -0.39 is 28.5 Å². The molecule has 3 N–H and O–H groups in total. The summed E-state index contributed by atoms with van der Waals surface area (Å²) in [5, 5.41) is 7.43. The highest BCUT2D eigenvalue weighted by molar-refractivity contribution is 9.10. The molecule has 0 aliphatic rings. The van der Waals surface area contributed by atoms with Gasteiger partial charge >= 0.3 is 5.97 Å². The molecule has 0 aliphatic heterocycles. The standard InChI is InChI=1S/C16H15BrN2O6S/c17-11-3-1-5-13(7-11)24-10-16(21)25-9-15(20)19-12-4-2-6-14(8-12)26(18,22)23/h1-8H,9-10H2,(H,19,20)(H2,18,22,23). The maximum atomic E-state index is 11.8. The Morgan fingerprint density at radius 1 is 1.08 bits per heavy atom. The lowest BCUT2D eigenvalue weighted by molar-refractivity contribution is -0.149. The van der Waals surface area contributed by atoms with E-state index in [1.807, 2.05) is 0 Å². The number of nitrogens with two attached hydrogens (primary N) is 1. The van der Waals surface area contributed by atoms with Crippen molar-refractivity contribution in [3.63, 3.8) is 0 Å². The summed E-state index contributed by atoms with van der Waals surface area (Å²) in [4.78, 5) is 23.2. The molecule has 1 amide bonds. The summed E-state index contributed by atoms with van der Waals surface area (Å²) < 4.78 is 33.4. The van der Waals surface area contributed by atoms with Crippen LogP contribution in [0.25, 0.3) is 0 Å². The Morgan fingerprint density at radius 2 is 1.81 bits per heavy atom. The minimum atomic E-state index is -3.88. The van der Waals surface area contributed by atoms with Crippen LogP contribution < -0.4 is 15.2 Å². The van der Waals surface area contributed by atoms with Gasteiger partial charge in [-0.25, -0.2) is 18.4 Å². The number of carbonyl (C=O) groups is 2. The van der Waals surface area contributed by atoms with Gasteiger partial charge in [0.2, 0.25) is 10.0 Å². The number of sulfonamides is 1. The van der Waals surface area contributed by atoms with Gasteiger partial charge in [0.05, 0.1) is 4.90 Å². The number of halogens is 1. The summed E-state index contributed by atoms with van der Waals surface area (Å²) in [6.07, 6.45) is 0. The SMILES string of the molecule is NS(=O)(=O)c1cccc(NC(=O)COC(=O)COc2cccc(Br)c2)c1. The third-order valence-corrected chi connectivity index (χ3v) is 4.37. The third-order valence-electron chi connectivity index (χ3n) is 2.96. The highest BCUT2D eigenvalue weighted by atomic mass is 79.9. The number of nitrogens with one attached hydrogen (secondary N) is 1. The Labute approximate surface area is 158 Å². The van der Waals surface area contributed by atoms with Crippen LogP contribution in [0.1, 0.15) is 0 Å². The summed E-state index contributed by atoms with van der Waals surface area (Å²) in [6, 6.07) is 12.3. The smallest absolute Gasteiger partial charge is 0.344 e. The topological polar surface area (TPSA) is 125 Å². The Hall–Kier alpha value is -2.43. The van der Waals surface area contributed by atoms with Crippen molar-refractivity contribution in [3.8, 4) is 5.75 Å². The number of ether oxygens (including phenoxy) is 2. The second-order valence-corrected chi connectivity index (χ2v) is 7.50. The van der Waals surface area contributed by atoms with Crippen molar-refractivity contribution in [3.05, 3.63) is 53.0 Å². The third kappa shape index (κ3) is 6.47. The molecular weight excluding hydrogens is 428 g/mol. The number of hydrogen-bond acceptors (Lipinski definition) is 6. The Morgan fingerprint density at radius 3 is 2.50 bits per heavy atom. The zero-order chi connectivity index (χ0) is 19.2. The highest BCUT2D eigenvalue weighted by Crippen LogP contribution is 2.17. The van der Waals surface area contributed by atoms with E-state index in [4.69, 9.17) is 14.6 Å². The number of amides is 1. The summed E-state index contributed by atoms with van der Waals surface area (Å²) >= 11 is 3.27. The van der Waals surface area contributed by atoms with Crippen LogP contribution in [-0.4, -0.2) is 33.5 Å². The number of benzene rings is 2. The minimum absolute atomic E-state index is 0.144. The fourth-order valence-electron chi connectivity index (χ4n) is 1.83. The van der Waals surface area contributed by atoms with Gasteiger partial charge in [0.15, 0.2) is 13.2 Å². The van der Waals surface area contributed by atoms with Crippen molar-refractivity contribution >= 4 is 43.5 Å². The van der Waals surface area contributed by atoms with Gasteiger partial charge in [-0.15, -0.1) is 0 Å². The first-order chi connectivity index (χ1) is 12.2. The zero-order valence-corrected chi connectivity index (χ0v) is 15.7. The van der Waals surface area contributed by atoms with Crippen LogP contribution in [0.3, 0.4) is 0 Å². The lowest BCUT2D eigenvalue weighted by Gasteiger charge is -2.08. The largest absolute Gasteiger partial charge is 0.482 e. The Bertz CT molecular complexity index is 916. The maximum absolute atomic E-state index is 11.8. The molecule has 0 fully saturated rings. The summed E-state index contributed by atoms with van der Waals surface area (Å²) in [5.41, 5.74) is 0.211. The average molecular weight is 443 g/mol. The molecule has 0 aliphatic carbocycles. The van der Waals surface area contributed by atoms with E-state index in [0.29, 0.717) is 5.75 Å². The lowest BCUT2D eigenvalue weighted by atomic mass is 10.3. The summed E-state index contributed by atoms with van der Waals surface area (Å²) in [6.45, 7) is -0.898. The molecule has 26 heavy (non-hydrogen) atoms. The van der Waals surface area contributed by atoms with E-state index in [9.17, 15) is 18.0 Å². The number of hydrogen-bond donors (Lipinski definition) is 2. The van der Waals surface area contributed by atoms with Crippen LogP contribution in [0.4, 0.5) is 5.69 Å². The second-order valence-electron chi connectivity index (χ2n) is 5.03. The number of rotatable bonds is 7. The van der Waals surface area contributed by atoms with Gasteiger partial charge in [-0.3, -0.25) is 4.79 Å². The fourth-order valence-corrected chi connectivity index (χ4v) is 2.77. The molecule has 0 radical (unpaired) electrons. The highest BCUT2D eigenvalue weighted by Gasteiger charge is 2.11. The van der Waals surface area contributed by atoms with Crippen LogP contribution in [-0.2, 0) is 24.3 Å². The molecule has 8 nitrogen and oxygen atoms in total. The Balaban J connectivity index is 1.80. The average Bonchev–Trinajstić information content (AvgIpc) is 2.58. The monoisotopic (exact) mass is 442 g/mol. The van der Waals surface area contributed by atoms with E-state index in [-0.39, 0.29) is 17.2 Å². The first-order valence-corrected chi connectivity index (χ1v) is 9.55. The van der Waals surface area contributed by atoms with Crippen molar-refractivity contribution < 1.29 is 27.5 Å². The maximum Gasteiger partial charge on any atom is 0.344 e. The van der Waals surface area contributed by atoms with Crippen LogP contribution in [0.2, 0.25) is 0 Å². The van der Waals surface area contributed by atoms with Crippen LogP contribution in [0.5, 0.6) is 5.75 Å². The molecule has 0 bridgehead atoms. The van der Waals surface area contributed by atoms with Crippen molar-refractivity contribution in [1.82, 2.24) is 0 Å². The molecule has 0 heterocycles. The first kappa shape index (κ1) is 19.9. The molecule has 0 unspecified atom stereocenters. The minimum Gasteiger partial charge on any atom is -0.482 e. The van der Waals surface area contributed by atoms with E-state index in [1.165, 1.54) is 24.3 Å². The van der Waals surface area contributed by atoms with Gasteiger partial charge in [-0.2, -0.15) is 0 Å². The van der Waals surface area contributed by atoms with Gasteiger partial charge in [0.25, 0.3) is 5.91 Å². The molecule has 0 atom stereocenters. The number of primary sulfonamides is 1. The quantitative estimate of drug-likeness (QED) is 0.628. The molecule has 0 saturated carbocycles. The van der Waals surface area contributed by atoms with Gasteiger partial charge < -0.3 is 14.8 Å². The molecule has 0 aromatic heterocycles. The van der Waals surface area contributed by atoms with Crippen molar-refractivity contribution in [2.45, 2.75) is 4.90 Å². The molecule has 0 saturated heterocycles. The predicted molar refractivity (Wildman–Crippen MR) is 97.0 cm³/mol. The molecule has 0 spiro atoms. The summed E-state index contributed by atoms with van der Waals surface area (Å²) in [7, 11) is -3.88. The Kier molecular flexibility index (Phi) is 6.72. The van der Waals surface area contributed by atoms with E-state index >= 15 is 0 Å². The zero-order valence-electron chi connectivity index (χ0n) is 13.3. The molecule has 2 rings (SSSR count).